The predicted octanol–water partition coefficient (Wildman–Crippen LogP) is 1.92. The van der Waals surface area contributed by atoms with Gasteiger partial charge in [0.2, 0.25) is 11.8 Å². The number of carbonyl (C=O) groups is 3. The summed E-state index contributed by atoms with van der Waals surface area (Å²) in [6.45, 7) is 3.80. The van der Waals surface area contributed by atoms with Crippen LogP contribution >= 0.6 is 11.6 Å². The van der Waals surface area contributed by atoms with Gasteiger partial charge in [-0.15, -0.1) is 0 Å². The number of nitrogens with one attached hydrogen (secondary N) is 1. The van der Waals surface area contributed by atoms with Crippen molar-refractivity contribution in [1.82, 2.24) is 5.32 Å². The van der Waals surface area contributed by atoms with Gasteiger partial charge in [-0.3, -0.25) is 9.59 Å². The first-order chi connectivity index (χ1) is 10.8. The normalized spacial score (nSPS) is 19.0. The maximum atomic E-state index is 12.5. The first-order valence-electron chi connectivity index (χ1n) is 7.41. The number of nitrogens with zero attached hydrogens (tertiary/aromatic N) is 1. The molecular formula is C16H19ClN2O4. The summed E-state index contributed by atoms with van der Waals surface area (Å²) in [5.41, 5.74) is 0.636. The average Bonchev–Trinajstić information content (AvgIpc) is 2.85. The van der Waals surface area contributed by atoms with Gasteiger partial charge in [0.15, 0.2) is 0 Å². The van der Waals surface area contributed by atoms with Crippen molar-refractivity contribution < 1.29 is 19.5 Å². The van der Waals surface area contributed by atoms with E-state index in [4.69, 9.17) is 16.7 Å². The van der Waals surface area contributed by atoms with Gasteiger partial charge in [0, 0.05) is 17.3 Å². The number of carbonyl (C=O) groups excluding carboxylic acids is 2. The van der Waals surface area contributed by atoms with E-state index in [1.54, 1.807) is 38.1 Å². The summed E-state index contributed by atoms with van der Waals surface area (Å²) in [5.74, 6) is -3.12. The maximum absolute atomic E-state index is 12.5. The van der Waals surface area contributed by atoms with Crippen LogP contribution < -0.4 is 10.2 Å². The van der Waals surface area contributed by atoms with Crippen LogP contribution in [0.1, 0.15) is 20.3 Å². The highest BCUT2D eigenvalue weighted by Crippen LogP contribution is 2.27. The molecule has 124 valence electrons. The number of anilines is 1. The molecule has 6 nitrogen and oxygen atoms in total. The number of aliphatic carboxylic acids is 1. The first-order valence-corrected chi connectivity index (χ1v) is 7.79. The Kier molecular flexibility index (Phi) is 5.26. The molecule has 0 aromatic heterocycles. The van der Waals surface area contributed by atoms with E-state index in [2.05, 4.69) is 5.32 Å². The molecule has 23 heavy (non-hydrogen) atoms. The fourth-order valence-corrected chi connectivity index (χ4v) is 2.78. The molecule has 0 bridgehead atoms. The van der Waals surface area contributed by atoms with Crippen molar-refractivity contribution in [2.75, 3.05) is 11.4 Å². The minimum atomic E-state index is -1.11. The summed E-state index contributed by atoms with van der Waals surface area (Å²) >= 11 is 5.93. The first kappa shape index (κ1) is 17.3. The van der Waals surface area contributed by atoms with Gasteiger partial charge in [-0.2, -0.15) is 0 Å². The number of hydrogen-bond donors (Lipinski definition) is 2. The Bertz CT molecular complexity index is 632. The van der Waals surface area contributed by atoms with Gasteiger partial charge in [-0.05, 0) is 30.5 Å². The quantitative estimate of drug-likeness (QED) is 0.803. The Morgan fingerprint density at radius 3 is 2.65 bits per heavy atom. The molecule has 2 N–H and O–H groups in total. The molecule has 2 amide bonds. The highest BCUT2D eigenvalue weighted by atomic mass is 35.5. The third-order valence-corrected chi connectivity index (χ3v) is 4.11. The van der Waals surface area contributed by atoms with Crippen molar-refractivity contribution in [2.45, 2.75) is 26.3 Å². The SMILES string of the molecule is CC(C)[C@@H](NC(=O)C1CCN(c2cccc(Cl)c2)C1=O)C(=O)O. The monoisotopic (exact) mass is 338 g/mol. The van der Waals surface area contributed by atoms with Crippen LogP contribution in [0.2, 0.25) is 5.02 Å². The number of carboxylic acids is 1. The van der Waals surface area contributed by atoms with Crippen molar-refractivity contribution >= 4 is 35.1 Å². The fraction of sp³-hybridized carbons (Fsp3) is 0.438. The summed E-state index contributed by atoms with van der Waals surface area (Å²) in [4.78, 5) is 37.4. The lowest BCUT2D eigenvalue weighted by molar-refractivity contribution is -0.144. The van der Waals surface area contributed by atoms with Crippen molar-refractivity contribution in [2.24, 2.45) is 11.8 Å². The fourth-order valence-electron chi connectivity index (χ4n) is 2.59. The highest BCUT2D eigenvalue weighted by Gasteiger charge is 2.39. The molecule has 1 aliphatic heterocycles. The Labute approximate surface area is 139 Å². The van der Waals surface area contributed by atoms with Crippen LogP contribution in [0.3, 0.4) is 0 Å². The zero-order chi connectivity index (χ0) is 17.1. The van der Waals surface area contributed by atoms with Gasteiger partial charge < -0.3 is 15.3 Å². The summed E-state index contributed by atoms with van der Waals surface area (Å²) < 4.78 is 0. The van der Waals surface area contributed by atoms with E-state index < -0.39 is 23.8 Å². The Morgan fingerprint density at radius 2 is 2.09 bits per heavy atom. The number of benzene rings is 1. The van der Waals surface area contributed by atoms with E-state index in [9.17, 15) is 14.4 Å². The molecule has 2 atom stereocenters. The van der Waals surface area contributed by atoms with Gasteiger partial charge in [-0.25, -0.2) is 4.79 Å². The number of halogens is 1. The van der Waals surface area contributed by atoms with Crippen LogP contribution in [0.5, 0.6) is 0 Å². The third-order valence-electron chi connectivity index (χ3n) is 3.87. The van der Waals surface area contributed by atoms with E-state index in [-0.39, 0.29) is 11.8 Å². The summed E-state index contributed by atoms with van der Waals surface area (Å²) in [7, 11) is 0. The molecule has 1 aromatic carbocycles. The molecule has 1 fully saturated rings. The van der Waals surface area contributed by atoms with Crippen LogP contribution in [-0.2, 0) is 14.4 Å². The largest absolute Gasteiger partial charge is 0.480 e. The predicted molar refractivity (Wildman–Crippen MR) is 86.3 cm³/mol. The van der Waals surface area contributed by atoms with Crippen LogP contribution in [0.25, 0.3) is 0 Å². The second-order valence-electron chi connectivity index (χ2n) is 5.88. The van der Waals surface area contributed by atoms with Gasteiger partial charge in [-0.1, -0.05) is 31.5 Å². The van der Waals surface area contributed by atoms with Crippen molar-refractivity contribution in [3.05, 3.63) is 29.3 Å². The van der Waals surface area contributed by atoms with Gasteiger partial charge in [0.25, 0.3) is 0 Å². The van der Waals surface area contributed by atoms with Crippen molar-refractivity contribution in [3.63, 3.8) is 0 Å². The number of amides is 2. The molecule has 1 unspecified atom stereocenters. The minimum Gasteiger partial charge on any atom is -0.480 e. The molecule has 1 aliphatic rings. The zero-order valence-electron chi connectivity index (χ0n) is 13.0. The highest BCUT2D eigenvalue weighted by molar-refractivity contribution is 6.31. The smallest absolute Gasteiger partial charge is 0.326 e. The number of carboxylic acid groups (broad SMARTS) is 1. The van der Waals surface area contributed by atoms with Gasteiger partial charge in [0.1, 0.15) is 12.0 Å². The van der Waals surface area contributed by atoms with Gasteiger partial charge >= 0.3 is 5.97 Å². The Hall–Kier alpha value is -2.08. The standard InChI is InChI=1S/C16H19ClN2O4/c1-9(2)13(16(22)23)18-14(20)12-6-7-19(15(12)21)11-5-3-4-10(17)8-11/h3-5,8-9,12-13H,6-7H2,1-2H3,(H,18,20)(H,22,23)/t12?,13-/m1/s1. The topological polar surface area (TPSA) is 86.7 Å². The molecule has 0 spiro atoms. The molecule has 0 saturated carbocycles. The van der Waals surface area contributed by atoms with Crippen molar-refractivity contribution in [3.8, 4) is 0 Å². The van der Waals surface area contributed by atoms with E-state index in [1.807, 2.05) is 0 Å². The maximum Gasteiger partial charge on any atom is 0.326 e. The third kappa shape index (κ3) is 3.82. The molecule has 7 heteroatoms. The lowest BCUT2D eigenvalue weighted by atomic mass is 10.0. The lowest BCUT2D eigenvalue weighted by Crippen LogP contribution is -2.48. The van der Waals surface area contributed by atoms with Crippen LogP contribution in [0.4, 0.5) is 5.69 Å². The van der Waals surface area contributed by atoms with Crippen LogP contribution in [0, 0.1) is 11.8 Å². The lowest BCUT2D eigenvalue weighted by Gasteiger charge is -2.20. The van der Waals surface area contributed by atoms with E-state index in [1.165, 1.54) is 4.90 Å². The summed E-state index contributed by atoms with van der Waals surface area (Å²) in [6.07, 6.45) is 0.349. The van der Waals surface area contributed by atoms with E-state index in [0.29, 0.717) is 23.7 Å². The second kappa shape index (κ2) is 7.00. The molecule has 0 aliphatic carbocycles. The van der Waals surface area contributed by atoms with E-state index in [0.717, 1.165) is 0 Å². The van der Waals surface area contributed by atoms with Gasteiger partial charge in [0.05, 0.1) is 0 Å². The van der Waals surface area contributed by atoms with E-state index >= 15 is 0 Å². The molecule has 1 heterocycles. The van der Waals surface area contributed by atoms with Crippen LogP contribution in [-0.4, -0.2) is 35.5 Å². The molecule has 1 saturated heterocycles. The Morgan fingerprint density at radius 1 is 1.39 bits per heavy atom. The summed E-state index contributed by atoms with van der Waals surface area (Å²) in [6, 6.07) is 5.84. The zero-order valence-corrected chi connectivity index (χ0v) is 13.7. The number of rotatable bonds is 5. The summed E-state index contributed by atoms with van der Waals surface area (Å²) in [5, 5.41) is 12.1. The average molecular weight is 339 g/mol. The minimum absolute atomic E-state index is 0.267. The molecule has 0 radical (unpaired) electrons. The van der Waals surface area contributed by atoms with Crippen LogP contribution in [0.15, 0.2) is 24.3 Å². The van der Waals surface area contributed by atoms with Crippen molar-refractivity contribution in [1.29, 1.82) is 0 Å². The second-order valence-corrected chi connectivity index (χ2v) is 6.32. The molecule has 2 rings (SSSR count). The Balaban J connectivity index is 2.09. The molecular weight excluding hydrogens is 320 g/mol. The number of hydrogen-bond acceptors (Lipinski definition) is 3. The molecule has 1 aromatic rings.